The van der Waals surface area contributed by atoms with Crippen LogP contribution in [0.15, 0.2) is 60.0 Å². The monoisotopic (exact) mass is 463 g/mol. The summed E-state index contributed by atoms with van der Waals surface area (Å²) in [5.74, 6) is -0.432. The van der Waals surface area contributed by atoms with Crippen LogP contribution < -0.4 is 0 Å². The zero-order chi connectivity index (χ0) is 23.5. The molecule has 0 saturated heterocycles. The van der Waals surface area contributed by atoms with Crippen LogP contribution in [0.4, 0.5) is 5.69 Å². The quantitative estimate of drug-likeness (QED) is 0.395. The molecule has 0 radical (unpaired) electrons. The van der Waals surface area contributed by atoms with Crippen LogP contribution in [0, 0.1) is 17.0 Å². The van der Waals surface area contributed by atoms with Crippen molar-refractivity contribution in [2.75, 3.05) is 19.6 Å². The Balaban J connectivity index is 1.58. The molecule has 1 aromatic heterocycles. The second-order valence-electron chi connectivity index (χ2n) is 8.02. The Morgan fingerprint density at radius 3 is 2.52 bits per heavy atom. The van der Waals surface area contributed by atoms with Gasteiger partial charge in [-0.2, -0.15) is 0 Å². The van der Waals surface area contributed by atoms with Gasteiger partial charge in [0, 0.05) is 35.7 Å². The van der Waals surface area contributed by atoms with Gasteiger partial charge >= 0.3 is 0 Å². The highest BCUT2D eigenvalue weighted by molar-refractivity contribution is 7.10. The van der Waals surface area contributed by atoms with E-state index in [2.05, 4.69) is 30.5 Å². The third-order valence-electron chi connectivity index (χ3n) is 6.09. The summed E-state index contributed by atoms with van der Waals surface area (Å²) >= 11 is 1.72. The lowest BCUT2D eigenvalue weighted by Crippen LogP contribution is -2.46. The number of aryl methyl sites for hydroxylation is 1. The molecule has 1 atom stereocenters. The van der Waals surface area contributed by atoms with Gasteiger partial charge in [-0.25, -0.2) is 0 Å². The van der Waals surface area contributed by atoms with Crippen molar-refractivity contribution in [3.05, 3.63) is 97.2 Å². The van der Waals surface area contributed by atoms with Gasteiger partial charge in [-0.1, -0.05) is 24.3 Å². The van der Waals surface area contributed by atoms with E-state index in [9.17, 15) is 19.7 Å². The molecule has 170 valence electrons. The number of fused-ring (bicyclic) bond motifs is 1. The summed E-state index contributed by atoms with van der Waals surface area (Å²) in [5.41, 5.74) is 3.61. The Kier molecular flexibility index (Phi) is 6.55. The average molecular weight is 464 g/mol. The molecular weight excluding hydrogens is 438 g/mol. The number of carbonyl (C=O) groups excluding carboxylic acids is 2. The van der Waals surface area contributed by atoms with Crippen molar-refractivity contribution in [1.82, 2.24) is 9.80 Å². The highest BCUT2D eigenvalue weighted by atomic mass is 32.1. The average Bonchev–Trinajstić information content (AvgIpc) is 3.31. The Labute approximate surface area is 196 Å². The predicted octanol–water partition coefficient (Wildman–Crippen LogP) is 4.60. The number of carbonyl (C=O) groups is 2. The fourth-order valence-electron chi connectivity index (χ4n) is 4.30. The van der Waals surface area contributed by atoms with Crippen molar-refractivity contribution < 1.29 is 14.5 Å². The van der Waals surface area contributed by atoms with Crippen molar-refractivity contribution in [3.8, 4) is 0 Å². The molecule has 1 aliphatic rings. The Morgan fingerprint density at radius 1 is 1.12 bits per heavy atom. The highest BCUT2D eigenvalue weighted by Crippen LogP contribution is 2.39. The van der Waals surface area contributed by atoms with Gasteiger partial charge in [0.25, 0.3) is 11.6 Å². The van der Waals surface area contributed by atoms with Gasteiger partial charge in [-0.05, 0) is 60.5 Å². The van der Waals surface area contributed by atoms with Crippen LogP contribution in [-0.4, -0.2) is 46.2 Å². The summed E-state index contributed by atoms with van der Waals surface area (Å²) in [6, 6.07) is 15.5. The molecule has 4 rings (SSSR count). The largest absolute Gasteiger partial charge is 0.330 e. The van der Waals surface area contributed by atoms with Crippen molar-refractivity contribution in [2.45, 2.75) is 26.3 Å². The van der Waals surface area contributed by atoms with Crippen molar-refractivity contribution in [3.63, 3.8) is 0 Å². The molecule has 2 amide bonds. The zero-order valence-electron chi connectivity index (χ0n) is 18.6. The fraction of sp³-hybridized carbons (Fsp3) is 0.280. The standard InChI is InChI=1S/C25H25N3O4S/c1-3-26(25(30)18-8-10-19(11-9-18)28(31)32)16-23(29)27-14-12-22-21(13-15-33-22)24(27)20-7-5-4-6-17(20)2/h4-11,13,15,24H,3,12,14,16H2,1-2H3. The van der Waals surface area contributed by atoms with Gasteiger partial charge in [0.2, 0.25) is 5.91 Å². The first-order chi connectivity index (χ1) is 15.9. The fourth-order valence-corrected chi connectivity index (χ4v) is 5.21. The van der Waals surface area contributed by atoms with E-state index >= 15 is 0 Å². The lowest BCUT2D eigenvalue weighted by atomic mass is 9.90. The number of likely N-dealkylation sites (N-methyl/N-ethyl adjacent to an activating group) is 1. The third kappa shape index (κ3) is 4.52. The molecule has 33 heavy (non-hydrogen) atoms. The molecule has 1 aliphatic heterocycles. The normalized spacial score (nSPS) is 15.1. The number of nitro benzene ring substituents is 1. The number of nitro groups is 1. The Bertz CT molecular complexity index is 1190. The molecule has 0 aliphatic carbocycles. The first kappa shape index (κ1) is 22.7. The lowest BCUT2D eigenvalue weighted by Gasteiger charge is -2.38. The highest BCUT2D eigenvalue weighted by Gasteiger charge is 2.34. The van der Waals surface area contributed by atoms with E-state index in [-0.39, 0.29) is 30.1 Å². The van der Waals surface area contributed by atoms with Crippen LogP contribution in [0.1, 0.15) is 44.9 Å². The minimum Gasteiger partial charge on any atom is -0.330 e. The molecule has 7 nitrogen and oxygen atoms in total. The second kappa shape index (κ2) is 9.54. The van der Waals surface area contributed by atoms with Crippen LogP contribution in [-0.2, 0) is 11.2 Å². The van der Waals surface area contributed by atoms with Gasteiger partial charge < -0.3 is 9.80 Å². The van der Waals surface area contributed by atoms with E-state index in [0.29, 0.717) is 18.7 Å². The van der Waals surface area contributed by atoms with E-state index < -0.39 is 4.92 Å². The van der Waals surface area contributed by atoms with Gasteiger partial charge in [-0.15, -0.1) is 11.3 Å². The zero-order valence-corrected chi connectivity index (χ0v) is 19.4. The van der Waals surface area contributed by atoms with Crippen molar-refractivity contribution >= 4 is 28.8 Å². The summed E-state index contributed by atoms with van der Waals surface area (Å²) in [4.78, 5) is 41.6. The summed E-state index contributed by atoms with van der Waals surface area (Å²) < 4.78 is 0. The molecule has 0 N–H and O–H groups in total. The first-order valence-corrected chi connectivity index (χ1v) is 11.7. The van der Waals surface area contributed by atoms with Crippen LogP contribution in [0.3, 0.4) is 0 Å². The van der Waals surface area contributed by atoms with Gasteiger partial charge in [0.1, 0.15) is 6.54 Å². The number of amides is 2. The smallest absolute Gasteiger partial charge is 0.269 e. The van der Waals surface area contributed by atoms with Crippen molar-refractivity contribution in [1.29, 1.82) is 0 Å². The number of nitrogens with zero attached hydrogens (tertiary/aromatic N) is 3. The molecule has 0 saturated carbocycles. The molecule has 0 bridgehead atoms. The number of thiophene rings is 1. The maximum absolute atomic E-state index is 13.5. The minimum atomic E-state index is -0.504. The molecule has 3 aromatic rings. The maximum Gasteiger partial charge on any atom is 0.269 e. The van der Waals surface area contributed by atoms with Gasteiger partial charge in [-0.3, -0.25) is 19.7 Å². The van der Waals surface area contributed by atoms with Crippen LogP contribution in [0.5, 0.6) is 0 Å². The molecule has 2 heterocycles. The van der Waals surface area contributed by atoms with Crippen LogP contribution >= 0.6 is 11.3 Å². The summed E-state index contributed by atoms with van der Waals surface area (Å²) in [6.45, 7) is 4.77. The number of hydrogen-bond donors (Lipinski definition) is 0. The molecule has 0 spiro atoms. The Morgan fingerprint density at radius 2 is 1.85 bits per heavy atom. The SMILES string of the molecule is CCN(CC(=O)N1CCc2sccc2C1c1ccccc1C)C(=O)c1ccc([N+](=O)[O-])cc1. The molecule has 0 fully saturated rings. The molecule has 8 heteroatoms. The number of benzene rings is 2. The lowest BCUT2D eigenvalue weighted by molar-refractivity contribution is -0.384. The summed E-state index contributed by atoms with van der Waals surface area (Å²) in [5, 5.41) is 13.0. The van der Waals surface area contributed by atoms with Gasteiger partial charge in [0.05, 0.1) is 11.0 Å². The molecular formula is C25H25N3O4S. The third-order valence-corrected chi connectivity index (χ3v) is 7.09. The van der Waals surface area contributed by atoms with E-state index in [0.717, 1.165) is 23.1 Å². The molecule has 2 aromatic carbocycles. The van der Waals surface area contributed by atoms with Crippen molar-refractivity contribution in [2.24, 2.45) is 0 Å². The number of rotatable bonds is 6. The minimum absolute atomic E-state index is 0.0474. The van der Waals surface area contributed by atoms with E-state index in [1.807, 2.05) is 24.0 Å². The maximum atomic E-state index is 13.5. The number of hydrogen-bond acceptors (Lipinski definition) is 5. The molecule has 1 unspecified atom stereocenters. The van der Waals surface area contributed by atoms with E-state index in [4.69, 9.17) is 0 Å². The summed E-state index contributed by atoms with van der Waals surface area (Å²) in [7, 11) is 0. The Hall–Kier alpha value is -3.52. The summed E-state index contributed by atoms with van der Waals surface area (Å²) in [6.07, 6.45) is 0.795. The topological polar surface area (TPSA) is 83.8 Å². The van der Waals surface area contributed by atoms with E-state index in [1.54, 1.807) is 11.3 Å². The second-order valence-corrected chi connectivity index (χ2v) is 9.02. The van der Waals surface area contributed by atoms with Crippen LogP contribution in [0.2, 0.25) is 0 Å². The first-order valence-electron chi connectivity index (χ1n) is 10.9. The number of non-ortho nitro benzene ring substituents is 1. The van der Waals surface area contributed by atoms with Gasteiger partial charge in [0.15, 0.2) is 0 Å². The predicted molar refractivity (Wildman–Crippen MR) is 127 cm³/mol. The van der Waals surface area contributed by atoms with Crippen LogP contribution in [0.25, 0.3) is 0 Å². The van der Waals surface area contributed by atoms with E-state index in [1.165, 1.54) is 34.0 Å².